The Balaban J connectivity index is 2.21. The van der Waals surface area contributed by atoms with Crippen molar-refractivity contribution in [2.24, 2.45) is 0 Å². The Labute approximate surface area is 161 Å². The van der Waals surface area contributed by atoms with Crippen LogP contribution in [-0.2, 0) is 15.9 Å². The van der Waals surface area contributed by atoms with Crippen molar-refractivity contribution >= 4 is 11.9 Å². The van der Waals surface area contributed by atoms with Crippen LogP contribution in [0.2, 0.25) is 0 Å². The van der Waals surface area contributed by atoms with Gasteiger partial charge in [0.2, 0.25) is 5.78 Å². The highest BCUT2D eigenvalue weighted by atomic mass is 16.6. The average Bonchev–Trinajstić information content (AvgIpc) is 2.78. The number of hydrogen-bond donors (Lipinski definition) is 1. The van der Waals surface area contributed by atoms with E-state index in [1.165, 1.54) is 0 Å². The summed E-state index contributed by atoms with van der Waals surface area (Å²) in [6.45, 7) is 6.29. The van der Waals surface area contributed by atoms with Crippen molar-refractivity contribution in [3.8, 4) is 12.0 Å². The van der Waals surface area contributed by atoms with Crippen molar-refractivity contribution in [2.45, 2.75) is 45.3 Å². The quantitative estimate of drug-likeness (QED) is 0.502. The lowest BCUT2D eigenvalue weighted by Gasteiger charge is -2.22. The van der Waals surface area contributed by atoms with Gasteiger partial charge in [-0.25, -0.2) is 4.79 Å². The van der Waals surface area contributed by atoms with E-state index in [4.69, 9.17) is 9.47 Å². The Hall–Kier alpha value is -2.52. The van der Waals surface area contributed by atoms with E-state index in [1.54, 1.807) is 25.1 Å². The van der Waals surface area contributed by atoms with E-state index >= 15 is 0 Å². The smallest absolute Gasteiger partial charge is 0.407 e. The third-order valence-corrected chi connectivity index (χ3v) is 3.92. The molecule has 146 valence electrons. The first kappa shape index (κ1) is 20.8. The highest BCUT2D eigenvalue weighted by molar-refractivity contribution is 6.10. The SMILES string of the molecule is CN(C)C#CC(=O)c1cccc2c1CCCOC2CNC(=O)OC(C)(C)C. The number of nitrogens with zero attached hydrogens (tertiary/aromatic N) is 1. The Bertz CT molecular complexity index is 754. The molecule has 1 aliphatic heterocycles. The fourth-order valence-corrected chi connectivity index (χ4v) is 2.85. The summed E-state index contributed by atoms with van der Waals surface area (Å²) in [4.78, 5) is 26.1. The van der Waals surface area contributed by atoms with E-state index in [-0.39, 0.29) is 18.4 Å². The number of Topliss-reactive ketones (excluding diaryl/α,β-unsaturated/α-hetero) is 1. The first-order chi connectivity index (χ1) is 12.7. The molecule has 0 saturated heterocycles. The lowest BCUT2D eigenvalue weighted by molar-refractivity contribution is 0.0359. The predicted molar refractivity (Wildman–Crippen MR) is 103 cm³/mol. The lowest BCUT2D eigenvalue weighted by atomic mass is 9.92. The number of ether oxygens (including phenoxy) is 2. The zero-order chi connectivity index (χ0) is 20.0. The molecule has 0 fully saturated rings. The van der Waals surface area contributed by atoms with Crippen LogP contribution in [0, 0.1) is 12.0 Å². The largest absolute Gasteiger partial charge is 0.444 e. The Morgan fingerprint density at radius 2 is 2.07 bits per heavy atom. The molecule has 6 nitrogen and oxygen atoms in total. The van der Waals surface area contributed by atoms with Gasteiger partial charge in [0.05, 0.1) is 6.54 Å². The molecule has 1 amide bonds. The topological polar surface area (TPSA) is 67.9 Å². The molecule has 0 aromatic heterocycles. The van der Waals surface area contributed by atoms with Gasteiger partial charge in [0.1, 0.15) is 11.7 Å². The van der Waals surface area contributed by atoms with Gasteiger partial charge in [0.15, 0.2) is 0 Å². The second kappa shape index (κ2) is 8.92. The summed E-state index contributed by atoms with van der Waals surface area (Å²) in [5, 5.41) is 2.76. The number of ketones is 1. The molecule has 1 aromatic rings. The van der Waals surface area contributed by atoms with Crippen LogP contribution >= 0.6 is 0 Å². The monoisotopic (exact) mass is 372 g/mol. The molecule has 0 spiro atoms. The van der Waals surface area contributed by atoms with Crippen LogP contribution < -0.4 is 5.32 Å². The number of nitrogens with one attached hydrogen (secondary N) is 1. The molecule has 27 heavy (non-hydrogen) atoms. The van der Waals surface area contributed by atoms with Crippen molar-refractivity contribution in [2.75, 3.05) is 27.2 Å². The van der Waals surface area contributed by atoms with Crippen LogP contribution in [-0.4, -0.2) is 49.6 Å². The Morgan fingerprint density at radius 3 is 2.74 bits per heavy atom. The zero-order valence-electron chi connectivity index (χ0n) is 16.7. The fraction of sp³-hybridized carbons (Fsp3) is 0.524. The van der Waals surface area contributed by atoms with Crippen LogP contribution in [0.15, 0.2) is 18.2 Å². The van der Waals surface area contributed by atoms with Gasteiger partial charge in [0, 0.05) is 32.3 Å². The molecule has 0 bridgehead atoms. The van der Waals surface area contributed by atoms with E-state index in [1.807, 2.05) is 32.9 Å². The summed E-state index contributed by atoms with van der Waals surface area (Å²) < 4.78 is 11.2. The van der Waals surface area contributed by atoms with Crippen molar-refractivity contribution in [1.82, 2.24) is 10.2 Å². The lowest BCUT2D eigenvalue weighted by Crippen LogP contribution is -2.35. The van der Waals surface area contributed by atoms with Crippen LogP contribution in [0.25, 0.3) is 0 Å². The third-order valence-electron chi connectivity index (χ3n) is 3.92. The highest BCUT2D eigenvalue weighted by Gasteiger charge is 2.24. The molecular formula is C21H28N2O4. The van der Waals surface area contributed by atoms with Gasteiger partial charge in [-0.2, -0.15) is 0 Å². The maximum absolute atomic E-state index is 12.5. The number of hydrogen-bond acceptors (Lipinski definition) is 5. The van der Waals surface area contributed by atoms with Gasteiger partial charge < -0.3 is 19.7 Å². The van der Waals surface area contributed by atoms with E-state index in [0.717, 1.165) is 24.0 Å². The molecule has 1 aliphatic rings. The van der Waals surface area contributed by atoms with Crippen molar-refractivity contribution in [1.29, 1.82) is 0 Å². The van der Waals surface area contributed by atoms with Crippen LogP contribution in [0.3, 0.4) is 0 Å². The van der Waals surface area contributed by atoms with E-state index in [0.29, 0.717) is 12.2 Å². The highest BCUT2D eigenvalue weighted by Crippen LogP contribution is 2.29. The second-order valence-electron chi connectivity index (χ2n) is 7.68. The van der Waals surface area contributed by atoms with E-state index in [9.17, 15) is 9.59 Å². The summed E-state index contributed by atoms with van der Waals surface area (Å²) in [6, 6.07) is 8.34. The van der Waals surface area contributed by atoms with Crippen LogP contribution in [0.1, 0.15) is 54.8 Å². The zero-order valence-corrected chi connectivity index (χ0v) is 16.7. The van der Waals surface area contributed by atoms with Gasteiger partial charge in [-0.05, 0) is 50.7 Å². The molecule has 0 radical (unpaired) electrons. The standard InChI is InChI=1S/C21H28N2O4/c1-21(2,3)27-20(25)22-14-19-17-9-6-8-16(15(17)10-7-13-26-19)18(24)11-12-23(4)5/h6,8-9,19H,7,10,13-14H2,1-5H3,(H,22,25). The van der Waals surface area contributed by atoms with E-state index < -0.39 is 11.7 Å². The summed E-state index contributed by atoms with van der Waals surface area (Å²) >= 11 is 0. The molecule has 1 heterocycles. The summed E-state index contributed by atoms with van der Waals surface area (Å²) in [5.74, 6) is 2.46. The van der Waals surface area contributed by atoms with E-state index in [2.05, 4.69) is 17.3 Å². The summed E-state index contributed by atoms with van der Waals surface area (Å²) in [7, 11) is 3.58. The molecule has 1 atom stereocenters. The molecule has 0 aliphatic carbocycles. The molecule has 0 saturated carbocycles. The summed E-state index contributed by atoms with van der Waals surface area (Å²) in [6.07, 6.45) is 0.732. The number of carbonyl (C=O) groups excluding carboxylic acids is 2. The maximum Gasteiger partial charge on any atom is 0.407 e. The van der Waals surface area contributed by atoms with Gasteiger partial charge in [-0.15, -0.1) is 0 Å². The Kier molecular flexibility index (Phi) is 6.86. The number of amides is 1. The van der Waals surface area contributed by atoms with Gasteiger partial charge in [-0.1, -0.05) is 18.2 Å². The molecular weight excluding hydrogens is 344 g/mol. The van der Waals surface area contributed by atoms with Crippen molar-refractivity contribution < 1.29 is 19.1 Å². The van der Waals surface area contributed by atoms with Crippen LogP contribution in [0.5, 0.6) is 0 Å². The van der Waals surface area contributed by atoms with Crippen molar-refractivity contribution in [3.05, 3.63) is 34.9 Å². The minimum Gasteiger partial charge on any atom is -0.444 e. The van der Waals surface area contributed by atoms with Crippen molar-refractivity contribution in [3.63, 3.8) is 0 Å². The Morgan fingerprint density at radius 1 is 1.33 bits per heavy atom. The molecule has 1 unspecified atom stereocenters. The maximum atomic E-state index is 12.5. The average molecular weight is 372 g/mol. The molecule has 6 heteroatoms. The third kappa shape index (κ3) is 6.30. The minimum absolute atomic E-state index is 0.207. The van der Waals surface area contributed by atoms with Gasteiger partial charge in [-0.3, -0.25) is 4.79 Å². The number of rotatable bonds is 3. The van der Waals surface area contributed by atoms with Gasteiger partial charge in [0.25, 0.3) is 0 Å². The number of alkyl carbamates (subject to hydrolysis) is 1. The summed E-state index contributed by atoms with van der Waals surface area (Å²) in [5.41, 5.74) is 1.91. The van der Waals surface area contributed by atoms with Gasteiger partial charge >= 0.3 is 6.09 Å². The number of fused-ring (bicyclic) bond motifs is 1. The first-order valence-electron chi connectivity index (χ1n) is 9.11. The number of carbonyl (C=O) groups is 2. The minimum atomic E-state index is -0.559. The van der Waals surface area contributed by atoms with Crippen LogP contribution in [0.4, 0.5) is 4.79 Å². The predicted octanol–water partition coefficient (Wildman–Crippen LogP) is 2.92. The first-order valence-corrected chi connectivity index (χ1v) is 9.11. The second-order valence-corrected chi connectivity index (χ2v) is 7.68. The molecule has 2 rings (SSSR count). The fourth-order valence-electron chi connectivity index (χ4n) is 2.85. The molecule has 1 aromatic carbocycles. The number of benzene rings is 1. The normalized spacial score (nSPS) is 16.3. The molecule has 1 N–H and O–H groups in total.